The Morgan fingerprint density at radius 1 is 1.03 bits per heavy atom. The first-order valence-corrected chi connectivity index (χ1v) is 15.2. The maximum Gasteiger partial charge on any atom is 0.251 e. The largest absolute Gasteiger partial charge is 0.396 e. The van der Waals surface area contributed by atoms with E-state index in [4.69, 9.17) is 10.2 Å². The van der Waals surface area contributed by atoms with Gasteiger partial charge in [0, 0.05) is 31.5 Å². The SMILES string of the molecule is CS(=O)(=O)C(C(=O)NCCS(N)(=O)=O)c1nc2ccc(-c3ccc(C(=O)NCCCO)cc3)cc2s1. The van der Waals surface area contributed by atoms with Gasteiger partial charge in [0.25, 0.3) is 5.91 Å². The number of rotatable bonds is 11. The summed E-state index contributed by atoms with van der Waals surface area (Å²) in [5.41, 5.74) is 2.60. The third-order valence-electron chi connectivity index (χ3n) is 5.08. The van der Waals surface area contributed by atoms with Gasteiger partial charge in [-0.2, -0.15) is 0 Å². The topological polar surface area (TPSA) is 186 Å². The lowest BCUT2D eigenvalue weighted by molar-refractivity contribution is -0.120. The molecule has 0 fully saturated rings. The van der Waals surface area contributed by atoms with Crippen molar-refractivity contribution in [2.24, 2.45) is 5.14 Å². The number of thiazole rings is 1. The molecule has 0 saturated carbocycles. The Bertz CT molecular complexity index is 1470. The van der Waals surface area contributed by atoms with Gasteiger partial charge in [0.1, 0.15) is 5.01 Å². The van der Waals surface area contributed by atoms with Crippen LogP contribution in [0.3, 0.4) is 0 Å². The molecule has 1 heterocycles. The summed E-state index contributed by atoms with van der Waals surface area (Å²) in [7, 11) is -7.73. The van der Waals surface area contributed by atoms with Crippen LogP contribution in [0.25, 0.3) is 21.3 Å². The highest BCUT2D eigenvalue weighted by Crippen LogP contribution is 2.33. The maximum atomic E-state index is 12.6. The second kappa shape index (κ2) is 11.4. The molecule has 36 heavy (non-hydrogen) atoms. The van der Waals surface area contributed by atoms with Gasteiger partial charge in [-0.25, -0.2) is 27.0 Å². The minimum absolute atomic E-state index is 0.00476. The van der Waals surface area contributed by atoms with Gasteiger partial charge < -0.3 is 15.7 Å². The summed E-state index contributed by atoms with van der Waals surface area (Å²) in [5.74, 6) is -1.65. The Morgan fingerprint density at radius 2 is 1.69 bits per heavy atom. The highest BCUT2D eigenvalue weighted by molar-refractivity contribution is 7.91. The average molecular weight is 555 g/mol. The van der Waals surface area contributed by atoms with E-state index in [-0.39, 0.29) is 24.1 Å². The van der Waals surface area contributed by atoms with Crippen LogP contribution in [0.5, 0.6) is 0 Å². The number of sulfone groups is 1. The van der Waals surface area contributed by atoms with Crippen molar-refractivity contribution in [3.05, 3.63) is 53.0 Å². The van der Waals surface area contributed by atoms with Crippen LogP contribution in [0.2, 0.25) is 0 Å². The summed E-state index contributed by atoms with van der Waals surface area (Å²) < 4.78 is 47.6. The van der Waals surface area contributed by atoms with Crippen molar-refractivity contribution >= 4 is 53.2 Å². The van der Waals surface area contributed by atoms with Gasteiger partial charge in [-0.3, -0.25) is 9.59 Å². The number of sulfonamides is 1. The fraction of sp³-hybridized carbons (Fsp3) is 0.318. The zero-order chi connectivity index (χ0) is 26.5. The zero-order valence-corrected chi connectivity index (χ0v) is 21.7. The van der Waals surface area contributed by atoms with Crippen molar-refractivity contribution in [2.75, 3.05) is 31.7 Å². The van der Waals surface area contributed by atoms with E-state index in [0.29, 0.717) is 28.7 Å². The first-order valence-electron chi connectivity index (χ1n) is 10.8. The molecule has 11 nitrogen and oxygen atoms in total. The molecule has 3 rings (SSSR count). The third kappa shape index (κ3) is 7.30. The highest BCUT2D eigenvalue weighted by Gasteiger charge is 2.34. The molecule has 0 aliphatic heterocycles. The average Bonchev–Trinajstić information content (AvgIpc) is 3.19. The van der Waals surface area contributed by atoms with Gasteiger partial charge in [0.05, 0.1) is 16.0 Å². The quantitative estimate of drug-likeness (QED) is 0.248. The molecule has 14 heteroatoms. The summed E-state index contributed by atoms with van der Waals surface area (Å²) in [6.45, 7) is 0.0451. The van der Waals surface area contributed by atoms with Crippen LogP contribution in [0.1, 0.15) is 27.0 Å². The van der Waals surface area contributed by atoms with Crippen molar-refractivity contribution in [2.45, 2.75) is 11.7 Å². The molecule has 194 valence electrons. The van der Waals surface area contributed by atoms with Gasteiger partial charge in [-0.05, 0) is 41.8 Å². The lowest BCUT2D eigenvalue weighted by Gasteiger charge is -2.12. The van der Waals surface area contributed by atoms with E-state index in [1.807, 2.05) is 6.07 Å². The van der Waals surface area contributed by atoms with Gasteiger partial charge >= 0.3 is 0 Å². The molecule has 0 bridgehead atoms. The molecular weight excluding hydrogens is 528 g/mol. The first-order chi connectivity index (χ1) is 16.9. The molecule has 0 spiro atoms. The van der Waals surface area contributed by atoms with Crippen LogP contribution < -0.4 is 15.8 Å². The second-order valence-electron chi connectivity index (χ2n) is 8.01. The fourth-order valence-electron chi connectivity index (χ4n) is 3.33. The normalized spacial score (nSPS) is 12.9. The minimum atomic E-state index is -3.91. The van der Waals surface area contributed by atoms with Crippen molar-refractivity contribution in [3.8, 4) is 11.1 Å². The van der Waals surface area contributed by atoms with Gasteiger partial charge in [0.2, 0.25) is 15.9 Å². The summed E-state index contributed by atoms with van der Waals surface area (Å²) in [6.07, 6.45) is 1.38. The van der Waals surface area contributed by atoms with Crippen LogP contribution in [0.4, 0.5) is 0 Å². The number of carbonyl (C=O) groups excluding carboxylic acids is 2. The summed E-state index contributed by atoms with van der Waals surface area (Å²) in [4.78, 5) is 29.1. The van der Waals surface area contributed by atoms with E-state index in [2.05, 4.69) is 15.6 Å². The summed E-state index contributed by atoms with van der Waals surface area (Å²) in [6, 6.07) is 12.2. The third-order valence-corrected chi connectivity index (χ3v) is 8.38. The molecule has 1 aromatic heterocycles. The number of nitrogens with zero attached hydrogens (tertiary/aromatic N) is 1. The molecule has 0 radical (unpaired) electrons. The predicted octanol–water partition coefficient (Wildman–Crippen LogP) is 0.566. The molecule has 5 N–H and O–H groups in total. The smallest absolute Gasteiger partial charge is 0.251 e. The van der Waals surface area contributed by atoms with Crippen molar-refractivity contribution in [3.63, 3.8) is 0 Å². The molecule has 0 aliphatic carbocycles. The number of nitrogens with one attached hydrogen (secondary N) is 2. The first kappa shape index (κ1) is 27.7. The number of aliphatic hydroxyl groups excluding tert-OH is 1. The van der Waals surface area contributed by atoms with Gasteiger partial charge in [0.15, 0.2) is 15.1 Å². The van der Waals surface area contributed by atoms with E-state index in [9.17, 15) is 26.4 Å². The van der Waals surface area contributed by atoms with Gasteiger partial charge in [-0.15, -0.1) is 11.3 Å². The number of hydrogen-bond donors (Lipinski definition) is 4. The van der Waals surface area contributed by atoms with E-state index in [1.54, 1.807) is 36.4 Å². The maximum absolute atomic E-state index is 12.6. The minimum Gasteiger partial charge on any atom is -0.396 e. The number of carbonyl (C=O) groups is 2. The highest BCUT2D eigenvalue weighted by atomic mass is 32.2. The second-order valence-corrected chi connectivity index (χ2v) is 12.9. The lowest BCUT2D eigenvalue weighted by Crippen LogP contribution is -2.37. The Morgan fingerprint density at radius 3 is 2.31 bits per heavy atom. The number of amides is 2. The molecule has 2 amide bonds. The molecule has 1 unspecified atom stereocenters. The molecular formula is C22H26N4O7S3. The molecule has 1 atom stereocenters. The number of fused-ring (bicyclic) bond motifs is 1. The Hall–Kier alpha value is -2.91. The van der Waals surface area contributed by atoms with Crippen LogP contribution >= 0.6 is 11.3 Å². The fourth-order valence-corrected chi connectivity index (χ4v) is 6.26. The van der Waals surface area contributed by atoms with Crippen LogP contribution in [-0.4, -0.2) is 70.4 Å². The van der Waals surface area contributed by atoms with E-state index >= 15 is 0 Å². The standard InChI is InChI=1S/C22H26N4O7S3/c1-35(30,31)19(21(29)25-10-12-36(23,32)33)22-26-17-8-7-16(13-18(17)34-22)14-3-5-15(6-4-14)20(28)24-9-2-11-27/h3-8,13,19,27H,2,9-12H2,1H3,(H,24,28)(H,25,29)(H2,23,32,33). The Labute approximate surface area is 212 Å². The van der Waals surface area contributed by atoms with Crippen molar-refractivity contribution in [1.82, 2.24) is 15.6 Å². The van der Waals surface area contributed by atoms with Crippen molar-refractivity contribution < 1.29 is 31.5 Å². The van der Waals surface area contributed by atoms with Crippen LogP contribution in [0.15, 0.2) is 42.5 Å². The zero-order valence-electron chi connectivity index (χ0n) is 19.3. The Kier molecular flexibility index (Phi) is 8.79. The van der Waals surface area contributed by atoms with Crippen LogP contribution in [-0.2, 0) is 24.7 Å². The number of nitrogens with two attached hydrogens (primary N) is 1. The monoisotopic (exact) mass is 554 g/mol. The number of aromatic nitrogens is 1. The molecule has 3 aromatic rings. The van der Waals surface area contributed by atoms with E-state index in [1.165, 1.54) is 0 Å². The number of primary sulfonamides is 1. The Balaban J connectivity index is 1.83. The number of aliphatic hydroxyl groups is 1. The summed E-state index contributed by atoms with van der Waals surface area (Å²) >= 11 is 1.05. The molecule has 0 saturated heterocycles. The van der Waals surface area contributed by atoms with Crippen molar-refractivity contribution in [1.29, 1.82) is 0 Å². The van der Waals surface area contributed by atoms with E-state index in [0.717, 1.165) is 28.7 Å². The number of hydrogen-bond acceptors (Lipinski definition) is 9. The van der Waals surface area contributed by atoms with E-state index < -0.39 is 36.8 Å². The number of benzene rings is 2. The van der Waals surface area contributed by atoms with Gasteiger partial charge in [-0.1, -0.05) is 18.2 Å². The molecule has 2 aromatic carbocycles. The lowest BCUT2D eigenvalue weighted by atomic mass is 10.0. The molecule has 0 aliphatic rings. The predicted molar refractivity (Wildman–Crippen MR) is 138 cm³/mol. The van der Waals surface area contributed by atoms with Crippen LogP contribution in [0, 0.1) is 0 Å². The summed E-state index contributed by atoms with van der Waals surface area (Å²) in [5, 5.41) is 17.2.